The SMILES string of the molecule is COC1CCC(CC(O)C(N)Cc2ccccc2)C(C(=O)NC(C)(C)C)C1. The van der Waals surface area contributed by atoms with Gasteiger partial charge in [0, 0.05) is 24.6 Å². The highest BCUT2D eigenvalue weighted by atomic mass is 16.5. The average Bonchev–Trinajstić information content (AvgIpc) is 2.61. The van der Waals surface area contributed by atoms with Gasteiger partial charge in [0.15, 0.2) is 0 Å². The van der Waals surface area contributed by atoms with Gasteiger partial charge in [-0.15, -0.1) is 0 Å². The Kier molecular flexibility index (Phi) is 7.83. The van der Waals surface area contributed by atoms with Crippen LogP contribution < -0.4 is 11.1 Å². The van der Waals surface area contributed by atoms with Crippen molar-refractivity contribution in [2.45, 2.75) is 76.7 Å². The molecule has 0 radical (unpaired) electrons. The summed E-state index contributed by atoms with van der Waals surface area (Å²) < 4.78 is 5.51. The van der Waals surface area contributed by atoms with Crippen LogP contribution in [0.1, 0.15) is 52.0 Å². The molecule has 0 bridgehead atoms. The van der Waals surface area contributed by atoms with Gasteiger partial charge in [0.05, 0.1) is 12.2 Å². The minimum absolute atomic E-state index is 0.0538. The number of nitrogens with one attached hydrogen (secondary N) is 1. The number of carbonyl (C=O) groups excluding carboxylic acids is 1. The molecule has 1 fully saturated rings. The smallest absolute Gasteiger partial charge is 0.223 e. The second kappa shape index (κ2) is 9.67. The molecule has 152 valence electrons. The maximum Gasteiger partial charge on any atom is 0.223 e. The first-order valence-corrected chi connectivity index (χ1v) is 10.0. The number of amides is 1. The molecule has 2 rings (SSSR count). The highest BCUT2D eigenvalue weighted by Crippen LogP contribution is 2.35. The van der Waals surface area contributed by atoms with E-state index in [4.69, 9.17) is 10.5 Å². The number of aliphatic hydroxyl groups is 1. The summed E-state index contributed by atoms with van der Waals surface area (Å²) >= 11 is 0. The number of hydrogen-bond acceptors (Lipinski definition) is 4. The Balaban J connectivity index is 2.00. The van der Waals surface area contributed by atoms with E-state index in [2.05, 4.69) is 5.32 Å². The fraction of sp³-hybridized carbons (Fsp3) is 0.682. The molecule has 5 unspecified atom stereocenters. The summed E-state index contributed by atoms with van der Waals surface area (Å²) in [5.41, 5.74) is 7.11. The summed E-state index contributed by atoms with van der Waals surface area (Å²) in [4.78, 5) is 12.8. The first-order valence-electron chi connectivity index (χ1n) is 10.0. The maximum absolute atomic E-state index is 12.8. The van der Waals surface area contributed by atoms with Crippen molar-refractivity contribution < 1.29 is 14.6 Å². The number of rotatable bonds is 7. The van der Waals surface area contributed by atoms with Gasteiger partial charge in [0.1, 0.15) is 0 Å². The third kappa shape index (κ3) is 6.91. The van der Waals surface area contributed by atoms with Crippen molar-refractivity contribution in [3.63, 3.8) is 0 Å². The molecule has 0 heterocycles. The molecule has 1 aromatic carbocycles. The van der Waals surface area contributed by atoms with E-state index in [0.29, 0.717) is 19.3 Å². The molecule has 1 amide bonds. The lowest BCUT2D eigenvalue weighted by Crippen LogP contribution is -2.49. The van der Waals surface area contributed by atoms with Crippen molar-refractivity contribution in [2.24, 2.45) is 17.6 Å². The Labute approximate surface area is 163 Å². The quantitative estimate of drug-likeness (QED) is 0.683. The van der Waals surface area contributed by atoms with E-state index in [1.807, 2.05) is 51.1 Å². The molecule has 0 spiro atoms. The predicted octanol–water partition coefficient (Wildman–Crippen LogP) is 2.65. The molecule has 0 aliphatic heterocycles. The number of carbonyl (C=O) groups is 1. The molecule has 5 nitrogen and oxygen atoms in total. The summed E-state index contributed by atoms with van der Waals surface area (Å²) in [5, 5.41) is 13.8. The van der Waals surface area contributed by atoms with E-state index in [-0.39, 0.29) is 35.4 Å². The standard InChI is InChI=1S/C22H36N2O3/c1-22(2,3)24-21(26)18-14-17(27-4)11-10-16(18)13-20(25)19(23)12-15-8-6-5-7-9-15/h5-9,16-20,25H,10-14,23H2,1-4H3,(H,24,26). The summed E-state index contributed by atoms with van der Waals surface area (Å²) in [5.74, 6) is 0.0233. The monoisotopic (exact) mass is 376 g/mol. The van der Waals surface area contributed by atoms with Gasteiger partial charge >= 0.3 is 0 Å². The third-order valence-corrected chi connectivity index (χ3v) is 5.47. The molecular weight excluding hydrogens is 340 g/mol. The van der Waals surface area contributed by atoms with E-state index >= 15 is 0 Å². The topological polar surface area (TPSA) is 84.6 Å². The lowest BCUT2D eigenvalue weighted by atomic mass is 9.73. The summed E-state index contributed by atoms with van der Waals surface area (Å²) in [6.07, 6.45) is 3.15. The Bertz CT molecular complexity index is 585. The normalized spacial score (nSPS) is 25.6. The molecule has 0 saturated heterocycles. The van der Waals surface area contributed by atoms with Gasteiger partial charge in [0.2, 0.25) is 5.91 Å². The maximum atomic E-state index is 12.8. The Morgan fingerprint density at radius 1 is 1.30 bits per heavy atom. The van der Waals surface area contributed by atoms with Gasteiger partial charge in [-0.3, -0.25) is 4.79 Å². The van der Waals surface area contributed by atoms with Crippen LogP contribution in [0, 0.1) is 11.8 Å². The van der Waals surface area contributed by atoms with Crippen molar-refractivity contribution in [2.75, 3.05) is 7.11 Å². The fourth-order valence-corrected chi connectivity index (χ4v) is 3.98. The third-order valence-electron chi connectivity index (χ3n) is 5.47. The van der Waals surface area contributed by atoms with E-state index in [1.165, 1.54) is 0 Å². The van der Waals surface area contributed by atoms with Gasteiger partial charge < -0.3 is 20.9 Å². The molecule has 0 aromatic heterocycles. The zero-order chi connectivity index (χ0) is 20.0. The van der Waals surface area contributed by atoms with E-state index < -0.39 is 6.10 Å². The van der Waals surface area contributed by atoms with Gasteiger partial charge in [-0.2, -0.15) is 0 Å². The van der Waals surface area contributed by atoms with Gasteiger partial charge in [-0.1, -0.05) is 30.3 Å². The van der Waals surface area contributed by atoms with Crippen LogP contribution in [0.3, 0.4) is 0 Å². The largest absolute Gasteiger partial charge is 0.391 e. The zero-order valence-corrected chi connectivity index (χ0v) is 17.2. The first-order chi connectivity index (χ1) is 12.7. The van der Waals surface area contributed by atoms with Crippen LogP contribution in [-0.4, -0.2) is 41.9 Å². The van der Waals surface area contributed by atoms with Crippen LogP contribution >= 0.6 is 0 Å². The first kappa shape index (κ1) is 21.9. The number of nitrogens with two attached hydrogens (primary N) is 1. The molecule has 1 saturated carbocycles. The number of benzene rings is 1. The summed E-state index contributed by atoms with van der Waals surface area (Å²) in [6, 6.07) is 9.64. The van der Waals surface area contributed by atoms with Crippen LogP contribution in [0.5, 0.6) is 0 Å². The Morgan fingerprint density at radius 3 is 2.56 bits per heavy atom. The van der Waals surface area contributed by atoms with Crippen LogP contribution in [0.25, 0.3) is 0 Å². The Hall–Kier alpha value is -1.43. The highest BCUT2D eigenvalue weighted by Gasteiger charge is 2.38. The molecule has 1 aliphatic rings. The number of methoxy groups -OCH3 is 1. The number of aliphatic hydroxyl groups excluding tert-OH is 1. The molecular formula is C22H36N2O3. The van der Waals surface area contributed by atoms with Crippen molar-refractivity contribution >= 4 is 5.91 Å². The molecule has 27 heavy (non-hydrogen) atoms. The zero-order valence-electron chi connectivity index (χ0n) is 17.2. The Morgan fingerprint density at radius 2 is 1.96 bits per heavy atom. The highest BCUT2D eigenvalue weighted by molar-refractivity contribution is 5.79. The van der Waals surface area contributed by atoms with Crippen LogP contribution in [0.15, 0.2) is 30.3 Å². The van der Waals surface area contributed by atoms with Crippen LogP contribution in [0.2, 0.25) is 0 Å². The van der Waals surface area contributed by atoms with E-state index in [1.54, 1.807) is 7.11 Å². The van der Waals surface area contributed by atoms with Gasteiger partial charge in [0.25, 0.3) is 0 Å². The van der Waals surface area contributed by atoms with Crippen molar-refractivity contribution in [3.05, 3.63) is 35.9 Å². The fourth-order valence-electron chi connectivity index (χ4n) is 3.98. The summed E-state index contributed by atoms with van der Waals surface area (Å²) in [7, 11) is 1.70. The van der Waals surface area contributed by atoms with Crippen molar-refractivity contribution in [1.29, 1.82) is 0 Å². The second-order valence-corrected chi connectivity index (χ2v) is 8.93. The molecule has 1 aliphatic carbocycles. The van der Waals surface area contributed by atoms with E-state index in [0.717, 1.165) is 18.4 Å². The average molecular weight is 377 g/mol. The number of hydrogen-bond donors (Lipinski definition) is 3. The summed E-state index contributed by atoms with van der Waals surface area (Å²) in [6.45, 7) is 5.96. The van der Waals surface area contributed by atoms with Crippen LogP contribution in [-0.2, 0) is 16.0 Å². The van der Waals surface area contributed by atoms with E-state index in [9.17, 15) is 9.90 Å². The second-order valence-electron chi connectivity index (χ2n) is 8.93. The van der Waals surface area contributed by atoms with Crippen molar-refractivity contribution in [3.8, 4) is 0 Å². The molecule has 4 N–H and O–H groups in total. The molecule has 5 atom stereocenters. The van der Waals surface area contributed by atoms with Crippen LogP contribution in [0.4, 0.5) is 0 Å². The minimum atomic E-state index is -0.626. The molecule has 5 heteroatoms. The number of ether oxygens (including phenoxy) is 1. The van der Waals surface area contributed by atoms with Gasteiger partial charge in [-0.25, -0.2) is 0 Å². The minimum Gasteiger partial charge on any atom is -0.391 e. The molecule has 1 aromatic rings. The predicted molar refractivity (Wildman–Crippen MR) is 108 cm³/mol. The lowest BCUT2D eigenvalue weighted by molar-refractivity contribution is -0.132. The van der Waals surface area contributed by atoms with Gasteiger partial charge in [-0.05, 0) is 64.4 Å². The lowest BCUT2D eigenvalue weighted by Gasteiger charge is -2.37. The van der Waals surface area contributed by atoms with Crippen molar-refractivity contribution in [1.82, 2.24) is 5.32 Å².